The molecular weight excluding hydrogens is 369 g/mol. The van der Waals surface area contributed by atoms with E-state index in [0.717, 1.165) is 25.1 Å². The Morgan fingerprint density at radius 1 is 1.14 bits per heavy atom. The minimum absolute atomic E-state index is 0.149. The number of aromatic nitrogens is 1. The molecule has 0 atom stereocenters. The van der Waals surface area contributed by atoms with Gasteiger partial charge in [-0.2, -0.15) is 18.4 Å². The molecule has 0 amide bonds. The first-order valence-corrected chi connectivity index (χ1v) is 8.94. The fraction of sp³-hybridized carbons (Fsp3) is 0.333. The lowest BCUT2D eigenvalue weighted by Crippen LogP contribution is -2.05. The number of nitrogens with zero attached hydrogens (tertiary/aromatic N) is 2. The number of benzene rings is 1. The Balaban J connectivity index is 2.30. The van der Waals surface area contributed by atoms with Crippen molar-refractivity contribution in [2.45, 2.75) is 32.9 Å². The molecule has 0 aliphatic heterocycles. The number of allylic oxidation sites excluding steroid dienone is 1. The third-order valence-electron chi connectivity index (χ3n) is 3.82. The SMILES string of the molecule is CCCCOc1ccc(/C=C(\C#N)c2ccc(C(F)(F)F)cn2)cc1OCC. The topological polar surface area (TPSA) is 55.1 Å². The van der Waals surface area contributed by atoms with Gasteiger partial charge in [-0.3, -0.25) is 4.98 Å². The molecule has 2 rings (SSSR count). The summed E-state index contributed by atoms with van der Waals surface area (Å²) in [6, 6.07) is 9.30. The molecule has 0 fully saturated rings. The largest absolute Gasteiger partial charge is 0.490 e. The van der Waals surface area contributed by atoms with E-state index in [2.05, 4.69) is 11.9 Å². The van der Waals surface area contributed by atoms with Crippen LogP contribution >= 0.6 is 0 Å². The van der Waals surface area contributed by atoms with Gasteiger partial charge in [-0.15, -0.1) is 0 Å². The second-order valence-corrected chi connectivity index (χ2v) is 5.94. The normalized spacial score (nSPS) is 11.8. The molecule has 0 spiro atoms. The lowest BCUT2D eigenvalue weighted by Gasteiger charge is -2.12. The highest BCUT2D eigenvalue weighted by molar-refractivity contribution is 5.88. The van der Waals surface area contributed by atoms with E-state index in [1.807, 2.05) is 13.0 Å². The number of rotatable bonds is 8. The molecule has 1 heterocycles. The van der Waals surface area contributed by atoms with Gasteiger partial charge in [-0.25, -0.2) is 0 Å². The van der Waals surface area contributed by atoms with Gasteiger partial charge in [0.1, 0.15) is 6.07 Å². The highest BCUT2D eigenvalue weighted by Crippen LogP contribution is 2.31. The van der Waals surface area contributed by atoms with Gasteiger partial charge in [-0.05, 0) is 49.2 Å². The first-order valence-electron chi connectivity index (χ1n) is 8.94. The monoisotopic (exact) mass is 390 g/mol. The van der Waals surface area contributed by atoms with Crippen LogP contribution in [0.3, 0.4) is 0 Å². The van der Waals surface area contributed by atoms with E-state index in [9.17, 15) is 18.4 Å². The quantitative estimate of drug-likeness (QED) is 0.426. The summed E-state index contributed by atoms with van der Waals surface area (Å²) in [5.74, 6) is 1.16. The smallest absolute Gasteiger partial charge is 0.417 e. The van der Waals surface area contributed by atoms with Crippen molar-refractivity contribution in [3.05, 3.63) is 53.3 Å². The zero-order valence-electron chi connectivity index (χ0n) is 15.7. The molecule has 0 aliphatic carbocycles. The van der Waals surface area contributed by atoms with E-state index < -0.39 is 11.7 Å². The van der Waals surface area contributed by atoms with Crippen LogP contribution in [0.5, 0.6) is 11.5 Å². The number of halogens is 3. The third-order valence-corrected chi connectivity index (χ3v) is 3.82. The molecule has 0 saturated heterocycles. The van der Waals surface area contributed by atoms with Gasteiger partial charge in [0.05, 0.1) is 30.0 Å². The minimum atomic E-state index is -4.47. The van der Waals surface area contributed by atoms with Gasteiger partial charge in [0.25, 0.3) is 0 Å². The van der Waals surface area contributed by atoms with Crippen molar-refractivity contribution in [2.75, 3.05) is 13.2 Å². The molecule has 28 heavy (non-hydrogen) atoms. The average molecular weight is 390 g/mol. The van der Waals surface area contributed by atoms with Crippen LogP contribution in [0, 0.1) is 11.3 Å². The van der Waals surface area contributed by atoms with Crippen LogP contribution in [-0.4, -0.2) is 18.2 Å². The molecule has 0 bridgehead atoms. The molecule has 1 aromatic carbocycles. The van der Waals surface area contributed by atoms with Crippen LogP contribution in [0.4, 0.5) is 13.2 Å². The van der Waals surface area contributed by atoms with Crippen molar-refractivity contribution in [1.82, 2.24) is 4.98 Å². The summed E-state index contributed by atoms with van der Waals surface area (Å²) in [6.07, 6.45) is -0.269. The second kappa shape index (κ2) is 9.79. The number of ether oxygens (including phenoxy) is 2. The molecular formula is C21H21F3N2O2. The number of nitriles is 1. The number of unbranched alkanes of at least 4 members (excludes halogenated alkanes) is 1. The van der Waals surface area contributed by atoms with Crippen molar-refractivity contribution in [3.8, 4) is 17.6 Å². The molecule has 0 N–H and O–H groups in total. The maximum atomic E-state index is 12.7. The van der Waals surface area contributed by atoms with Crippen molar-refractivity contribution in [2.24, 2.45) is 0 Å². The number of alkyl halides is 3. The highest BCUT2D eigenvalue weighted by atomic mass is 19.4. The molecule has 0 radical (unpaired) electrons. The van der Waals surface area contributed by atoms with Crippen LogP contribution in [0.2, 0.25) is 0 Å². The lowest BCUT2D eigenvalue weighted by molar-refractivity contribution is -0.137. The molecule has 7 heteroatoms. The van der Waals surface area contributed by atoms with Gasteiger partial charge in [0.2, 0.25) is 0 Å². The van der Waals surface area contributed by atoms with E-state index >= 15 is 0 Å². The molecule has 2 aromatic rings. The number of hydrogen-bond donors (Lipinski definition) is 0. The van der Waals surface area contributed by atoms with Gasteiger partial charge < -0.3 is 9.47 Å². The molecule has 0 unspecified atom stereocenters. The van der Waals surface area contributed by atoms with Crippen LogP contribution in [0.15, 0.2) is 36.5 Å². The molecule has 4 nitrogen and oxygen atoms in total. The third kappa shape index (κ3) is 5.74. The fourth-order valence-electron chi connectivity index (χ4n) is 2.38. The van der Waals surface area contributed by atoms with Crippen LogP contribution < -0.4 is 9.47 Å². The summed E-state index contributed by atoms with van der Waals surface area (Å²) in [4.78, 5) is 3.77. The second-order valence-electron chi connectivity index (χ2n) is 5.94. The summed E-state index contributed by atoms with van der Waals surface area (Å²) < 4.78 is 49.3. The zero-order chi connectivity index (χ0) is 20.6. The molecule has 0 saturated carbocycles. The van der Waals surface area contributed by atoms with Gasteiger partial charge in [0, 0.05) is 6.20 Å². The Hall–Kier alpha value is -3.01. The highest BCUT2D eigenvalue weighted by Gasteiger charge is 2.30. The first-order chi connectivity index (χ1) is 13.4. The predicted octanol–water partition coefficient (Wildman–Crippen LogP) is 5.74. The zero-order valence-corrected chi connectivity index (χ0v) is 15.7. The standard InChI is InChI=1S/C21H21F3N2O2/c1-3-5-10-28-19-9-6-15(12-20(19)27-4-2)11-16(13-25)18-8-7-17(14-26-18)21(22,23)24/h6-9,11-12,14H,3-5,10H2,1-2H3/b16-11+. The van der Waals surface area contributed by atoms with Gasteiger partial charge >= 0.3 is 6.18 Å². The van der Waals surface area contributed by atoms with Gasteiger partial charge in [0.15, 0.2) is 11.5 Å². The maximum absolute atomic E-state index is 12.7. The Bertz CT molecular complexity index is 853. The van der Waals surface area contributed by atoms with E-state index in [1.54, 1.807) is 24.3 Å². The van der Waals surface area contributed by atoms with Gasteiger partial charge in [-0.1, -0.05) is 19.4 Å². The summed E-state index contributed by atoms with van der Waals surface area (Å²) in [5.41, 5.74) is 0.109. The van der Waals surface area contributed by atoms with Crippen LogP contribution in [0.25, 0.3) is 11.6 Å². The maximum Gasteiger partial charge on any atom is 0.417 e. The Morgan fingerprint density at radius 3 is 2.50 bits per heavy atom. The lowest BCUT2D eigenvalue weighted by atomic mass is 10.1. The van der Waals surface area contributed by atoms with Crippen LogP contribution in [0.1, 0.15) is 43.5 Å². The van der Waals surface area contributed by atoms with Crippen molar-refractivity contribution in [1.29, 1.82) is 5.26 Å². The summed E-state index contributed by atoms with van der Waals surface area (Å²) in [5, 5.41) is 9.40. The average Bonchev–Trinajstić information content (AvgIpc) is 2.67. The first kappa shape index (κ1) is 21.3. The Kier molecular flexibility index (Phi) is 7.44. The van der Waals surface area contributed by atoms with E-state index in [4.69, 9.17) is 9.47 Å². The van der Waals surface area contributed by atoms with Crippen molar-refractivity contribution in [3.63, 3.8) is 0 Å². The Labute approximate surface area is 162 Å². The Morgan fingerprint density at radius 2 is 1.93 bits per heavy atom. The summed E-state index contributed by atoms with van der Waals surface area (Å²) in [6.45, 7) is 4.94. The van der Waals surface area contributed by atoms with Crippen molar-refractivity contribution < 1.29 is 22.6 Å². The van der Waals surface area contributed by atoms with Crippen molar-refractivity contribution >= 4 is 11.6 Å². The minimum Gasteiger partial charge on any atom is -0.490 e. The number of pyridine rings is 1. The summed E-state index contributed by atoms with van der Waals surface area (Å²) in [7, 11) is 0. The molecule has 0 aliphatic rings. The number of hydrogen-bond acceptors (Lipinski definition) is 4. The van der Waals surface area contributed by atoms with E-state index in [1.165, 1.54) is 6.07 Å². The van der Waals surface area contributed by atoms with E-state index in [-0.39, 0.29) is 11.3 Å². The molecule has 1 aromatic heterocycles. The molecule has 148 valence electrons. The summed E-state index contributed by atoms with van der Waals surface area (Å²) >= 11 is 0. The van der Waals surface area contributed by atoms with E-state index in [0.29, 0.717) is 30.3 Å². The predicted molar refractivity (Wildman–Crippen MR) is 101 cm³/mol. The van der Waals surface area contributed by atoms with Crippen LogP contribution in [-0.2, 0) is 6.18 Å². The fourth-order valence-corrected chi connectivity index (χ4v) is 2.38.